The van der Waals surface area contributed by atoms with Crippen molar-refractivity contribution in [3.05, 3.63) is 117 Å². The monoisotopic (exact) mass is 869 g/mol. The van der Waals surface area contributed by atoms with E-state index in [0.717, 1.165) is 0 Å². The highest BCUT2D eigenvalue weighted by Gasteiger charge is 2.66. The van der Waals surface area contributed by atoms with Gasteiger partial charge in [0, 0.05) is 22.7 Å². The van der Waals surface area contributed by atoms with Crippen LogP contribution in [-0.4, -0.2) is 30.7 Å². The van der Waals surface area contributed by atoms with Gasteiger partial charge in [0.15, 0.2) is 0 Å². The Morgan fingerprint density at radius 2 is 0.500 bits per heavy atom. The number of anilines is 4. The summed E-state index contributed by atoms with van der Waals surface area (Å²) in [4.78, 5) is 0. The third kappa shape index (κ3) is 9.39. The first-order valence-corrected chi connectivity index (χ1v) is 31.3. The second-order valence-corrected chi connectivity index (χ2v) is 32.6. The molecule has 0 aromatic heterocycles. The quantitative estimate of drug-likeness (QED) is 0.104. The summed E-state index contributed by atoms with van der Waals surface area (Å²) in [5.74, 6) is 2.86. The van der Waals surface area contributed by atoms with Crippen molar-refractivity contribution >= 4 is 53.5 Å². The highest BCUT2D eigenvalue weighted by atomic mass is 28.3. The van der Waals surface area contributed by atoms with Gasteiger partial charge in [0.1, 0.15) is 16.5 Å². The third-order valence-corrected chi connectivity index (χ3v) is 17.1. The normalized spacial score (nSPS) is 14.0. The van der Waals surface area contributed by atoms with Gasteiger partial charge in [-0.05, 0) is 91.9 Å². The van der Waals surface area contributed by atoms with Crippen LogP contribution >= 0.6 is 0 Å². The van der Waals surface area contributed by atoms with E-state index in [4.69, 9.17) is 0 Å². The second-order valence-electron chi connectivity index (χ2n) is 23.0. The summed E-state index contributed by atoms with van der Waals surface area (Å²) in [7, 11) is -4.65. The fraction of sp³-hybridized carbons (Fsp3) is 0.556. The van der Waals surface area contributed by atoms with Crippen LogP contribution in [0.15, 0.2) is 72.8 Å². The molecule has 0 spiro atoms. The molecule has 0 aliphatic carbocycles. The van der Waals surface area contributed by atoms with Crippen molar-refractivity contribution in [3.8, 4) is 0 Å². The minimum Gasteiger partial charge on any atom is -0.405 e. The maximum absolute atomic E-state index is 3.02. The van der Waals surface area contributed by atoms with Crippen LogP contribution in [0, 0.1) is 0 Å². The summed E-state index contributed by atoms with van der Waals surface area (Å²) in [6.07, 6.45) is 0. The maximum atomic E-state index is 3.02. The lowest BCUT2D eigenvalue weighted by Gasteiger charge is -2.66. The van der Waals surface area contributed by atoms with Gasteiger partial charge in [0.25, 0.3) is 0 Å². The first-order chi connectivity index (χ1) is 28.7. The summed E-state index contributed by atoms with van der Waals surface area (Å²) in [6.45, 7) is 54.2. The number of rotatable bonds is 16. The van der Waals surface area contributed by atoms with Crippen molar-refractivity contribution in [2.75, 3.05) is 18.4 Å². The summed E-state index contributed by atoms with van der Waals surface area (Å²) in [5, 5.41) is 0. The Kier molecular flexibility index (Phi) is 15.2. The molecule has 336 valence electrons. The molecule has 62 heavy (non-hydrogen) atoms. The molecule has 4 aromatic carbocycles. The Bertz CT molecular complexity index is 1890. The Morgan fingerprint density at radius 1 is 0.323 bits per heavy atom. The molecule has 0 N–H and O–H groups in total. The fourth-order valence-corrected chi connectivity index (χ4v) is 13.9. The molecule has 0 atom stereocenters. The highest BCUT2D eigenvalue weighted by Crippen LogP contribution is 2.52. The van der Waals surface area contributed by atoms with E-state index >= 15 is 0 Å². The van der Waals surface area contributed by atoms with Crippen molar-refractivity contribution in [3.63, 3.8) is 0 Å². The Labute approximate surface area is 384 Å². The predicted molar refractivity (Wildman–Crippen MR) is 287 cm³/mol. The third-order valence-electron chi connectivity index (χ3n) is 13.3. The van der Waals surface area contributed by atoms with Crippen LogP contribution in [0.1, 0.15) is 203 Å². The first-order valence-electron chi connectivity index (χ1n) is 24.4. The van der Waals surface area contributed by atoms with Gasteiger partial charge in [-0.1, -0.05) is 223 Å². The van der Waals surface area contributed by atoms with Crippen molar-refractivity contribution in [2.45, 2.75) is 197 Å². The number of para-hydroxylation sites is 4. The van der Waals surface area contributed by atoms with Gasteiger partial charge in [-0.15, -0.1) is 0 Å². The lowest BCUT2D eigenvalue weighted by molar-refractivity contribution is 0.821. The highest BCUT2D eigenvalue weighted by molar-refractivity contribution is 7.16. The van der Waals surface area contributed by atoms with Gasteiger partial charge in [0.05, 0.1) is 0 Å². The van der Waals surface area contributed by atoms with Gasteiger partial charge < -0.3 is 18.4 Å². The molecular formula is C54H86B2N4Si2. The Morgan fingerprint density at radius 3 is 0.661 bits per heavy atom. The van der Waals surface area contributed by atoms with Gasteiger partial charge in [0.2, 0.25) is 0 Å². The predicted octanol–water partition coefficient (Wildman–Crippen LogP) is 16.7. The first kappa shape index (κ1) is 49.7. The number of benzene rings is 4. The molecule has 1 fully saturated rings. The zero-order valence-electron chi connectivity index (χ0n) is 43.5. The van der Waals surface area contributed by atoms with Gasteiger partial charge in [-0.2, -0.15) is 0 Å². The van der Waals surface area contributed by atoms with E-state index in [9.17, 15) is 0 Å². The molecule has 4 aromatic rings. The molecular weight excluding hydrogens is 782 g/mol. The largest absolute Gasteiger partial charge is 0.476 e. The SMILES string of the molecule is CC(C)c1cccc(C(C)C)c1N1B(N(c2c(C(C)C)cccc2C(C)C)[Si](C)(C)C)N(c2c(C(C)C)cccc2C(C)C)B1N(c1c(C(C)C)cccc1C(C)C)[Si](C)(C)C. The number of nitrogens with zero attached hydrogens (tertiary/aromatic N) is 4. The van der Waals surface area contributed by atoms with Crippen LogP contribution in [0.3, 0.4) is 0 Å². The lowest BCUT2D eigenvalue weighted by atomic mass is 9.52. The van der Waals surface area contributed by atoms with Crippen LogP contribution in [0.25, 0.3) is 0 Å². The second kappa shape index (κ2) is 19.0. The topological polar surface area (TPSA) is 13.0 Å². The van der Waals surface area contributed by atoms with E-state index in [1.54, 1.807) is 0 Å². The van der Waals surface area contributed by atoms with Gasteiger partial charge >= 0.3 is 14.2 Å². The molecule has 0 amide bonds. The van der Waals surface area contributed by atoms with E-state index in [1.807, 2.05) is 0 Å². The molecule has 1 heterocycles. The average Bonchev–Trinajstić information content (AvgIpc) is 3.15. The number of hydrogen-bond donors (Lipinski definition) is 0. The summed E-state index contributed by atoms with van der Waals surface area (Å²) < 4.78 is 12.0. The van der Waals surface area contributed by atoms with Crippen LogP contribution in [0.2, 0.25) is 39.3 Å². The van der Waals surface area contributed by atoms with Crippen LogP contribution < -0.4 is 18.4 Å². The Balaban J connectivity index is 2.16. The van der Waals surface area contributed by atoms with Gasteiger partial charge in [-0.25, -0.2) is 0 Å². The molecule has 4 nitrogen and oxygen atoms in total. The van der Waals surface area contributed by atoms with Crippen molar-refractivity contribution in [1.29, 1.82) is 0 Å². The van der Waals surface area contributed by atoms with E-state index in [-0.39, 0.29) is 14.2 Å². The van der Waals surface area contributed by atoms with Crippen molar-refractivity contribution in [1.82, 2.24) is 0 Å². The minimum atomic E-state index is -2.25. The molecule has 1 aliphatic heterocycles. The van der Waals surface area contributed by atoms with E-state index in [1.165, 1.54) is 67.3 Å². The molecule has 5 rings (SSSR count). The van der Waals surface area contributed by atoms with Gasteiger partial charge in [-0.3, -0.25) is 0 Å². The van der Waals surface area contributed by atoms with Crippen LogP contribution in [-0.2, 0) is 0 Å². The molecule has 0 bridgehead atoms. The Hall–Kier alpha value is -3.36. The van der Waals surface area contributed by atoms with Crippen molar-refractivity contribution < 1.29 is 0 Å². The van der Waals surface area contributed by atoms with Crippen LogP contribution in [0.5, 0.6) is 0 Å². The smallest absolute Gasteiger partial charge is 0.405 e. The summed E-state index contributed by atoms with van der Waals surface area (Å²) >= 11 is 0. The minimum absolute atomic E-state index is 0.0774. The van der Waals surface area contributed by atoms with E-state index in [2.05, 4.69) is 241 Å². The molecule has 0 unspecified atom stereocenters. The lowest BCUT2D eigenvalue weighted by Crippen LogP contribution is -2.93. The number of hydrogen-bond acceptors (Lipinski definition) is 4. The molecule has 1 aliphatic rings. The van der Waals surface area contributed by atoms with Crippen molar-refractivity contribution in [2.24, 2.45) is 0 Å². The van der Waals surface area contributed by atoms with E-state index in [0.29, 0.717) is 47.3 Å². The maximum Gasteiger partial charge on any atom is 0.476 e. The standard InChI is InChI=1S/C54H86B2N4Si2/c1-35(2)43-27-23-28-44(36(3)4)51(43)57-55(59(61(17,18)19)53-47(39(9)10)31-25-32-48(53)40(11)12)58(52-45(37(5)6)29-24-30-46(52)38(7)8)56(57)60(62(20,21)22)54-49(41(13)14)33-26-34-50(54)42(15)16/h23-42H,1-22H3. The zero-order valence-corrected chi connectivity index (χ0v) is 45.5. The molecule has 1 saturated heterocycles. The molecule has 0 saturated carbocycles. The molecule has 0 radical (unpaired) electrons. The zero-order chi connectivity index (χ0) is 46.5. The fourth-order valence-electron chi connectivity index (χ4n) is 10.2. The van der Waals surface area contributed by atoms with E-state index < -0.39 is 16.5 Å². The summed E-state index contributed by atoms with van der Waals surface area (Å²) in [5.41, 5.74) is 17.4. The average molecular weight is 869 g/mol. The van der Waals surface area contributed by atoms with Crippen LogP contribution in [0.4, 0.5) is 22.7 Å². The summed E-state index contributed by atoms with van der Waals surface area (Å²) in [6, 6.07) is 28.9. The molecule has 8 heteroatoms.